The molecular weight excluding hydrogens is 316 g/mol. The molecule has 4 heteroatoms. The Bertz CT molecular complexity index is 591. The highest BCUT2D eigenvalue weighted by Crippen LogP contribution is 2.54. The van der Waals surface area contributed by atoms with Crippen LogP contribution in [0.25, 0.3) is 0 Å². The Morgan fingerprint density at radius 3 is 2.64 bits per heavy atom. The predicted octanol–water partition coefficient (Wildman–Crippen LogP) is 3.47. The molecule has 1 aromatic carbocycles. The Hall–Kier alpha value is -1.65. The van der Waals surface area contributed by atoms with Crippen LogP contribution in [0.15, 0.2) is 43.0 Å². The van der Waals surface area contributed by atoms with Crippen molar-refractivity contribution in [2.75, 3.05) is 0 Å². The van der Waals surface area contributed by atoms with Crippen LogP contribution in [0.4, 0.5) is 0 Å². The lowest BCUT2D eigenvalue weighted by atomic mass is 9.53. The highest BCUT2D eigenvalue weighted by atomic mass is 16.5. The fraction of sp³-hybridized carbons (Fsp3) is 0.571. The fourth-order valence-electron chi connectivity index (χ4n) is 3.80. The lowest BCUT2D eigenvalue weighted by Crippen LogP contribution is -2.49. The molecule has 0 aliphatic heterocycles. The van der Waals surface area contributed by atoms with Crippen LogP contribution >= 0.6 is 0 Å². The molecule has 0 unspecified atom stereocenters. The largest absolute Gasteiger partial charge is 0.461 e. The monoisotopic (exact) mass is 346 g/mol. The maximum absolute atomic E-state index is 12.2. The van der Waals surface area contributed by atoms with Gasteiger partial charge in [-0.3, -0.25) is 4.79 Å². The van der Waals surface area contributed by atoms with Crippen molar-refractivity contribution >= 4 is 5.97 Å². The SMILES string of the molecule is C=C[C@@](C)(O)[C@@H](O)C[C@H]1[C@@H](CC(=O)OCc2ccccc2)CC1(C)C. The van der Waals surface area contributed by atoms with Gasteiger partial charge in [-0.15, -0.1) is 6.58 Å². The molecule has 0 amide bonds. The van der Waals surface area contributed by atoms with Crippen molar-refractivity contribution in [2.24, 2.45) is 17.3 Å². The average Bonchev–Trinajstić information content (AvgIpc) is 2.57. The number of carbonyl (C=O) groups is 1. The molecule has 1 fully saturated rings. The predicted molar refractivity (Wildman–Crippen MR) is 97.7 cm³/mol. The summed E-state index contributed by atoms with van der Waals surface area (Å²) in [5.74, 6) is 0.131. The van der Waals surface area contributed by atoms with E-state index in [0.717, 1.165) is 12.0 Å². The van der Waals surface area contributed by atoms with Crippen molar-refractivity contribution < 1.29 is 19.7 Å². The van der Waals surface area contributed by atoms with Crippen LogP contribution in [0.1, 0.15) is 45.6 Å². The van der Waals surface area contributed by atoms with Crippen LogP contribution in [-0.2, 0) is 16.1 Å². The topological polar surface area (TPSA) is 66.8 Å². The molecule has 2 N–H and O–H groups in total. The minimum Gasteiger partial charge on any atom is -0.461 e. The fourth-order valence-corrected chi connectivity index (χ4v) is 3.80. The number of benzene rings is 1. The number of hydrogen-bond donors (Lipinski definition) is 2. The second-order valence-corrected chi connectivity index (χ2v) is 8.09. The van der Waals surface area contributed by atoms with Crippen LogP contribution in [0, 0.1) is 17.3 Å². The molecule has 1 aromatic rings. The number of rotatable bonds is 8. The van der Waals surface area contributed by atoms with Gasteiger partial charge in [-0.1, -0.05) is 50.3 Å². The number of carbonyl (C=O) groups excluding carboxylic acids is 1. The number of esters is 1. The van der Waals surface area contributed by atoms with Crippen molar-refractivity contribution in [3.8, 4) is 0 Å². The van der Waals surface area contributed by atoms with E-state index in [-0.39, 0.29) is 29.8 Å². The summed E-state index contributed by atoms with van der Waals surface area (Å²) in [5, 5.41) is 20.5. The molecule has 138 valence electrons. The van der Waals surface area contributed by atoms with Gasteiger partial charge >= 0.3 is 5.97 Å². The molecule has 4 atom stereocenters. The maximum atomic E-state index is 12.2. The third kappa shape index (κ3) is 4.93. The molecule has 2 rings (SSSR count). The molecule has 25 heavy (non-hydrogen) atoms. The van der Waals surface area contributed by atoms with Gasteiger partial charge < -0.3 is 14.9 Å². The van der Waals surface area contributed by atoms with E-state index in [4.69, 9.17) is 4.74 Å². The zero-order valence-corrected chi connectivity index (χ0v) is 15.4. The third-order valence-electron chi connectivity index (χ3n) is 5.60. The van der Waals surface area contributed by atoms with Crippen LogP contribution in [0.3, 0.4) is 0 Å². The van der Waals surface area contributed by atoms with Gasteiger partial charge in [0, 0.05) is 6.42 Å². The second kappa shape index (κ2) is 7.71. The number of ether oxygens (including phenoxy) is 1. The molecule has 0 bridgehead atoms. The van der Waals surface area contributed by atoms with Gasteiger partial charge in [0.05, 0.1) is 6.10 Å². The highest BCUT2D eigenvalue weighted by Gasteiger charge is 2.49. The first-order valence-electron chi connectivity index (χ1n) is 8.89. The van der Waals surface area contributed by atoms with Gasteiger partial charge in [0.1, 0.15) is 12.2 Å². The lowest BCUT2D eigenvalue weighted by molar-refractivity contribution is -0.152. The Balaban J connectivity index is 1.88. The van der Waals surface area contributed by atoms with E-state index < -0.39 is 11.7 Å². The standard InChI is InChI=1S/C21H30O4/c1-5-21(4,24)18(22)12-17-16(13-20(17,2)3)11-19(23)25-14-15-9-7-6-8-10-15/h5-10,16-18,22,24H,1,11-14H2,2-4H3/t16-,17-,18-,21+/m0/s1. The van der Waals surface area contributed by atoms with Gasteiger partial charge in [0.2, 0.25) is 0 Å². The van der Waals surface area contributed by atoms with Crippen LogP contribution < -0.4 is 0 Å². The summed E-state index contributed by atoms with van der Waals surface area (Å²) in [4.78, 5) is 12.2. The summed E-state index contributed by atoms with van der Waals surface area (Å²) < 4.78 is 5.38. The van der Waals surface area contributed by atoms with E-state index in [2.05, 4.69) is 20.4 Å². The molecule has 4 nitrogen and oxygen atoms in total. The van der Waals surface area contributed by atoms with Crippen LogP contribution in [0.2, 0.25) is 0 Å². The van der Waals surface area contributed by atoms with Crippen molar-refractivity contribution in [1.82, 2.24) is 0 Å². The Kier molecular flexibility index (Phi) is 6.07. The minimum atomic E-state index is -1.32. The van der Waals surface area contributed by atoms with Gasteiger partial charge in [-0.05, 0) is 42.6 Å². The summed E-state index contributed by atoms with van der Waals surface area (Å²) in [5.41, 5.74) is -0.300. The van der Waals surface area contributed by atoms with Gasteiger partial charge in [-0.2, -0.15) is 0 Å². The first-order chi connectivity index (χ1) is 11.7. The zero-order chi connectivity index (χ0) is 18.7. The summed E-state index contributed by atoms with van der Waals surface area (Å²) >= 11 is 0. The van der Waals surface area contributed by atoms with E-state index >= 15 is 0 Å². The van der Waals surface area contributed by atoms with E-state index in [0.29, 0.717) is 12.8 Å². The number of hydrogen-bond acceptors (Lipinski definition) is 4. The first-order valence-corrected chi connectivity index (χ1v) is 8.89. The smallest absolute Gasteiger partial charge is 0.306 e. The van der Waals surface area contributed by atoms with Crippen molar-refractivity contribution in [1.29, 1.82) is 0 Å². The molecule has 0 saturated heterocycles. The van der Waals surface area contributed by atoms with E-state index in [1.807, 2.05) is 30.3 Å². The van der Waals surface area contributed by atoms with Gasteiger partial charge in [0.25, 0.3) is 0 Å². The highest BCUT2D eigenvalue weighted by molar-refractivity contribution is 5.70. The molecule has 1 aliphatic carbocycles. The van der Waals surface area contributed by atoms with Crippen molar-refractivity contribution in [3.05, 3.63) is 48.6 Å². The third-order valence-corrected chi connectivity index (χ3v) is 5.60. The summed E-state index contributed by atoms with van der Waals surface area (Å²) in [7, 11) is 0. The first kappa shape index (κ1) is 19.7. The van der Waals surface area contributed by atoms with E-state index in [1.165, 1.54) is 6.08 Å². The van der Waals surface area contributed by atoms with Crippen LogP contribution in [-0.4, -0.2) is 27.9 Å². The van der Waals surface area contributed by atoms with Gasteiger partial charge in [-0.25, -0.2) is 0 Å². The molecular formula is C21H30O4. The Morgan fingerprint density at radius 2 is 2.08 bits per heavy atom. The minimum absolute atomic E-state index is 0.0443. The van der Waals surface area contributed by atoms with Gasteiger partial charge in [0.15, 0.2) is 0 Å². The molecule has 0 spiro atoms. The molecule has 0 radical (unpaired) electrons. The lowest BCUT2D eigenvalue weighted by Gasteiger charge is -2.53. The molecule has 0 heterocycles. The van der Waals surface area contributed by atoms with E-state index in [9.17, 15) is 15.0 Å². The molecule has 0 aromatic heterocycles. The number of aliphatic hydroxyl groups is 2. The van der Waals surface area contributed by atoms with Crippen molar-refractivity contribution in [3.63, 3.8) is 0 Å². The maximum Gasteiger partial charge on any atom is 0.306 e. The molecule has 1 saturated carbocycles. The Morgan fingerprint density at radius 1 is 1.44 bits per heavy atom. The normalized spacial score (nSPS) is 25.3. The average molecular weight is 346 g/mol. The summed E-state index contributed by atoms with van der Waals surface area (Å²) in [6.07, 6.45) is 2.19. The Labute approximate surface area is 150 Å². The van der Waals surface area contributed by atoms with Crippen LogP contribution in [0.5, 0.6) is 0 Å². The van der Waals surface area contributed by atoms with E-state index in [1.54, 1.807) is 6.92 Å². The summed E-state index contributed by atoms with van der Waals surface area (Å²) in [6.45, 7) is 9.69. The molecule has 1 aliphatic rings. The zero-order valence-electron chi connectivity index (χ0n) is 15.4. The second-order valence-electron chi connectivity index (χ2n) is 8.09. The summed E-state index contributed by atoms with van der Waals surface area (Å²) in [6, 6.07) is 9.61. The quantitative estimate of drug-likeness (QED) is 0.559. The van der Waals surface area contributed by atoms with Crippen molar-refractivity contribution in [2.45, 2.75) is 58.3 Å². The number of aliphatic hydroxyl groups excluding tert-OH is 1.